The molecular formula is C15H24N4O. The number of nitrogens with two attached hydrogens (primary N) is 1. The molecule has 1 saturated carbocycles. The molecule has 2 rings (SSSR count). The third kappa shape index (κ3) is 4.72. The Morgan fingerprint density at radius 2 is 2.10 bits per heavy atom. The molecule has 20 heavy (non-hydrogen) atoms. The van der Waals surface area contributed by atoms with Gasteiger partial charge in [-0.3, -0.25) is 0 Å². The zero-order valence-electron chi connectivity index (χ0n) is 12.1. The molecule has 0 unspecified atom stereocenters. The smallest absolute Gasteiger partial charge is 0.212 e. The third-order valence-electron chi connectivity index (χ3n) is 3.65. The van der Waals surface area contributed by atoms with Crippen molar-refractivity contribution in [3.05, 3.63) is 23.9 Å². The van der Waals surface area contributed by atoms with Crippen molar-refractivity contribution < 1.29 is 4.74 Å². The fourth-order valence-electron chi connectivity index (χ4n) is 2.48. The van der Waals surface area contributed by atoms with Gasteiger partial charge >= 0.3 is 0 Å². The van der Waals surface area contributed by atoms with Crippen LogP contribution >= 0.6 is 0 Å². The number of methoxy groups -OCH3 is 1. The molecule has 5 nitrogen and oxygen atoms in total. The van der Waals surface area contributed by atoms with Crippen LogP contribution in [-0.4, -0.2) is 24.1 Å². The maximum atomic E-state index is 5.95. The van der Waals surface area contributed by atoms with Crippen molar-refractivity contribution >= 4 is 5.96 Å². The van der Waals surface area contributed by atoms with E-state index < -0.39 is 0 Å². The molecule has 0 aliphatic heterocycles. The maximum Gasteiger partial charge on any atom is 0.212 e. The molecule has 1 aliphatic carbocycles. The van der Waals surface area contributed by atoms with Crippen molar-refractivity contribution in [2.75, 3.05) is 7.11 Å². The van der Waals surface area contributed by atoms with Gasteiger partial charge in [0.25, 0.3) is 0 Å². The van der Waals surface area contributed by atoms with Crippen LogP contribution in [-0.2, 0) is 6.54 Å². The molecular weight excluding hydrogens is 252 g/mol. The van der Waals surface area contributed by atoms with E-state index in [0.717, 1.165) is 5.56 Å². The van der Waals surface area contributed by atoms with Crippen molar-refractivity contribution in [3.63, 3.8) is 0 Å². The molecule has 3 N–H and O–H groups in total. The van der Waals surface area contributed by atoms with E-state index in [9.17, 15) is 0 Å². The molecule has 1 fully saturated rings. The summed E-state index contributed by atoms with van der Waals surface area (Å²) in [7, 11) is 1.61. The number of hydrogen-bond acceptors (Lipinski definition) is 3. The lowest BCUT2D eigenvalue weighted by Gasteiger charge is -2.16. The predicted molar refractivity (Wildman–Crippen MR) is 80.7 cm³/mol. The second-order valence-electron chi connectivity index (χ2n) is 5.24. The van der Waals surface area contributed by atoms with E-state index in [2.05, 4.69) is 15.3 Å². The van der Waals surface area contributed by atoms with Gasteiger partial charge in [0.15, 0.2) is 5.96 Å². The largest absolute Gasteiger partial charge is 0.481 e. The Bertz CT molecular complexity index is 422. The standard InChI is InChI=1S/C15H24N4O/c1-20-14-9-8-12(10-17-14)11-18-15(16)19-13-6-4-2-3-5-7-13/h8-10,13H,2-7,11H2,1H3,(H3,16,18,19). The first-order chi connectivity index (χ1) is 9.78. The van der Waals surface area contributed by atoms with E-state index in [0.29, 0.717) is 24.4 Å². The Morgan fingerprint density at radius 3 is 2.70 bits per heavy atom. The number of ether oxygens (including phenoxy) is 1. The summed E-state index contributed by atoms with van der Waals surface area (Å²) in [5, 5.41) is 3.33. The maximum absolute atomic E-state index is 5.95. The molecule has 1 aliphatic rings. The highest BCUT2D eigenvalue weighted by atomic mass is 16.5. The summed E-state index contributed by atoms with van der Waals surface area (Å²) in [6.45, 7) is 0.544. The van der Waals surface area contributed by atoms with Crippen LogP contribution in [0.2, 0.25) is 0 Å². The molecule has 5 heteroatoms. The zero-order chi connectivity index (χ0) is 14.2. The van der Waals surface area contributed by atoms with Crippen LogP contribution in [0.25, 0.3) is 0 Å². The SMILES string of the molecule is COc1ccc(CN=C(N)NC2CCCCCC2)cn1. The number of aromatic nitrogens is 1. The Kier molecular flexibility index (Phi) is 5.65. The monoisotopic (exact) mass is 276 g/mol. The van der Waals surface area contributed by atoms with E-state index in [1.54, 1.807) is 13.3 Å². The summed E-state index contributed by atoms with van der Waals surface area (Å²) in [5.74, 6) is 1.15. The number of rotatable bonds is 4. The molecule has 0 atom stereocenters. The highest BCUT2D eigenvalue weighted by Gasteiger charge is 2.12. The summed E-state index contributed by atoms with van der Waals surface area (Å²) in [6.07, 6.45) is 9.40. The average Bonchev–Trinajstić information content (AvgIpc) is 2.74. The van der Waals surface area contributed by atoms with Gasteiger partial charge in [-0.1, -0.05) is 31.7 Å². The van der Waals surface area contributed by atoms with Crippen molar-refractivity contribution in [2.45, 2.75) is 51.1 Å². The summed E-state index contributed by atoms with van der Waals surface area (Å²) in [4.78, 5) is 8.53. The molecule has 1 aromatic heterocycles. The second-order valence-corrected chi connectivity index (χ2v) is 5.24. The first-order valence-corrected chi connectivity index (χ1v) is 7.33. The number of guanidine groups is 1. The molecule has 1 aromatic rings. The van der Waals surface area contributed by atoms with Crippen molar-refractivity contribution in [1.29, 1.82) is 0 Å². The van der Waals surface area contributed by atoms with Crippen molar-refractivity contribution in [3.8, 4) is 5.88 Å². The fourth-order valence-corrected chi connectivity index (χ4v) is 2.48. The molecule has 0 amide bonds. The van der Waals surface area contributed by atoms with Gasteiger partial charge < -0.3 is 15.8 Å². The minimum absolute atomic E-state index is 0.482. The van der Waals surface area contributed by atoms with E-state index in [1.165, 1.54) is 38.5 Å². The predicted octanol–water partition coefficient (Wildman–Crippen LogP) is 2.22. The minimum Gasteiger partial charge on any atom is -0.481 e. The molecule has 0 bridgehead atoms. The summed E-state index contributed by atoms with van der Waals surface area (Å²) >= 11 is 0. The van der Waals surface area contributed by atoms with Crippen LogP contribution in [0.5, 0.6) is 5.88 Å². The van der Waals surface area contributed by atoms with Crippen LogP contribution in [0.4, 0.5) is 0 Å². The number of pyridine rings is 1. The lowest BCUT2D eigenvalue weighted by atomic mass is 10.1. The molecule has 0 radical (unpaired) electrons. The second kappa shape index (κ2) is 7.72. The Labute approximate surface area is 120 Å². The lowest BCUT2D eigenvalue weighted by molar-refractivity contribution is 0.397. The van der Waals surface area contributed by atoms with Gasteiger partial charge in [0.1, 0.15) is 0 Å². The molecule has 0 saturated heterocycles. The number of nitrogens with zero attached hydrogens (tertiary/aromatic N) is 2. The Hall–Kier alpha value is -1.78. The van der Waals surface area contributed by atoms with Gasteiger partial charge in [-0.05, 0) is 18.4 Å². The summed E-state index contributed by atoms with van der Waals surface area (Å²) in [6, 6.07) is 4.27. The van der Waals surface area contributed by atoms with Crippen molar-refractivity contribution in [2.24, 2.45) is 10.7 Å². The first-order valence-electron chi connectivity index (χ1n) is 7.33. The van der Waals surface area contributed by atoms with E-state index in [1.807, 2.05) is 12.1 Å². The van der Waals surface area contributed by atoms with E-state index in [-0.39, 0.29) is 0 Å². The van der Waals surface area contributed by atoms with Gasteiger partial charge in [0, 0.05) is 18.3 Å². The van der Waals surface area contributed by atoms with Crippen molar-refractivity contribution in [1.82, 2.24) is 10.3 Å². The van der Waals surface area contributed by atoms with Crippen LogP contribution in [0.3, 0.4) is 0 Å². The summed E-state index contributed by atoms with van der Waals surface area (Å²) < 4.78 is 5.02. The van der Waals surface area contributed by atoms with Gasteiger partial charge in [0.05, 0.1) is 13.7 Å². The van der Waals surface area contributed by atoms with Gasteiger partial charge in [-0.2, -0.15) is 0 Å². The number of hydrogen-bond donors (Lipinski definition) is 2. The Morgan fingerprint density at radius 1 is 1.35 bits per heavy atom. The third-order valence-corrected chi connectivity index (χ3v) is 3.65. The number of nitrogens with one attached hydrogen (secondary N) is 1. The highest BCUT2D eigenvalue weighted by molar-refractivity contribution is 5.78. The lowest BCUT2D eigenvalue weighted by Crippen LogP contribution is -2.39. The quantitative estimate of drug-likeness (QED) is 0.502. The molecule has 110 valence electrons. The Balaban J connectivity index is 1.82. The van der Waals surface area contributed by atoms with Crippen LogP contribution in [0, 0.1) is 0 Å². The molecule has 0 aromatic carbocycles. The fraction of sp³-hybridized carbons (Fsp3) is 0.600. The average molecular weight is 276 g/mol. The van der Waals surface area contributed by atoms with Crippen LogP contribution in [0.15, 0.2) is 23.3 Å². The molecule has 1 heterocycles. The minimum atomic E-state index is 0.482. The first kappa shape index (κ1) is 14.6. The van der Waals surface area contributed by atoms with Gasteiger partial charge in [0.2, 0.25) is 5.88 Å². The topological polar surface area (TPSA) is 72.5 Å². The normalized spacial score (nSPS) is 17.6. The zero-order valence-corrected chi connectivity index (χ0v) is 12.1. The summed E-state index contributed by atoms with van der Waals surface area (Å²) in [5.41, 5.74) is 6.98. The highest BCUT2D eigenvalue weighted by Crippen LogP contribution is 2.17. The molecule has 0 spiro atoms. The number of aliphatic imine (C=N–C) groups is 1. The van der Waals surface area contributed by atoms with Gasteiger partial charge in [-0.25, -0.2) is 9.98 Å². The van der Waals surface area contributed by atoms with Crippen LogP contribution in [0.1, 0.15) is 44.1 Å². The van der Waals surface area contributed by atoms with Crippen LogP contribution < -0.4 is 15.8 Å². The van der Waals surface area contributed by atoms with E-state index in [4.69, 9.17) is 10.5 Å². The van der Waals surface area contributed by atoms with Gasteiger partial charge in [-0.15, -0.1) is 0 Å². The van der Waals surface area contributed by atoms with E-state index >= 15 is 0 Å².